The smallest absolute Gasteiger partial charge is 0.252 e. The van der Waals surface area contributed by atoms with Crippen LogP contribution in [0, 0.1) is 13.8 Å². The number of aromatic amines is 1. The van der Waals surface area contributed by atoms with Gasteiger partial charge in [0.25, 0.3) is 5.56 Å². The molecule has 0 bridgehead atoms. The summed E-state index contributed by atoms with van der Waals surface area (Å²) in [4.78, 5) is 14.3. The number of hydrogen-bond acceptors (Lipinski definition) is 2. The first-order chi connectivity index (χ1) is 6.15. The number of hydrogen-bond donors (Lipinski definition) is 2. The van der Waals surface area contributed by atoms with E-state index in [1.807, 2.05) is 26.8 Å². The van der Waals surface area contributed by atoms with Crippen molar-refractivity contribution in [1.82, 2.24) is 10.3 Å². The van der Waals surface area contributed by atoms with Crippen molar-refractivity contribution in [2.45, 2.75) is 27.3 Å². The fraction of sp³-hybridized carbons (Fsp3) is 0.500. The average Bonchev–Trinajstić information content (AvgIpc) is 2.02. The number of pyridine rings is 1. The summed E-state index contributed by atoms with van der Waals surface area (Å²) in [6.07, 6.45) is 0. The van der Waals surface area contributed by atoms with Gasteiger partial charge in [-0.2, -0.15) is 0 Å². The Morgan fingerprint density at radius 1 is 1.46 bits per heavy atom. The van der Waals surface area contributed by atoms with Crippen LogP contribution < -0.4 is 10.9 Å². The van der Waals surface area contributed by atoms with Crippen LogP contribution in [0.4, 0.5) is 0 Å². The molecular formula is C10H16N2O. The molecule has 1 aromatic rings. The zero-order chi connectivity index (χ0) is 9.84. The quantitative estimate of drug-likeness (QED) is 0.731. The zero-order valence-electron chi connectivity index (χ0n) is 8.40. The summed E-state index contributed by atoms with van der Waals surface area (Å²) in [7, 11) is 0. The predicted octanol–water partition coefficient (Wildman–Crippen LogP) is 1.10. The number of aryl methyl sites for hydroxylation is 2. The van der Waals surface area contributed by atoms with Crippen LogP contribution in [-0.4, -0.2) is 11.5 Å². The first-order valence-electron chi connectivity index (χ1n) is 4.55. The molecule has 13 heavy (non-hydrogen) atoms. The van der Waals surface area contributed by atoms with Crippen LogP contribution in [0.15, 0.2) is 10.9 Å². The molecule has 0 aliphatic rings. The maximum Gasteiger partial charge on any atom is 0.252 e. The van der Waals surface area contributed by atoms with Crippen molar-refractivity contribution in [3.05, 3.63) is 33.2 Å². The second-order valence-corrected chi connectivity index (χ2v) is 3.22. The molecular weight excluding hydrogens is 164 g/mol. The van der Waals surface area contributed by atoms with Gasteiger partial charge in [0.05, 0.1) is 0 Å². The maximum absolute atomic E-state index is 11.5. The van der Waals surface area contributed by atoms with E-state index in [4.69, 9.17) is 0 Å². The molecule has 3 heteroatoms. The van der Waals surface area contributed by atoms with E-state index in [-0.39, 0.29) is 5.56 Å². The van der Waals surface area contributed by atoms with Crippen LogP contribution in [-0.2, 0) is 6.54 Å². The molecule has 0 aliphatic heterocycles. The fourth-order valence-corrected chi connectivity index (χ4v) is 1.35. The molecule has 0 spiro atoms. The average molecular weight is 180 g/mol. The number of rotatable bonds is 3. The van der Waals surface area contributed by atoms with E-state index in [1.165, 1.54) is 0 Å². The van der Waals surface area contributed by atoms with Gasteiger partial charge in [-0.25, -0.2) is 0 Å². The molecule has 0 amide bonds. The molecule has 0 aliphatic carbocycles. The Hall–Kier alpha value is -1.09. The summed E-state index contributed by atoms with van der Waals surface area (Å²) in [5.41, 5.74) is 2.84. The first-order valence-corrected chi connectivity index (χ1v) is 4.55. The van der Waals surface area contributed by atoms with Crippen molar-refractivity contribution in [3.8, 4) is 0 Å². The van der Waals surface area contributed by atoms with Gasteiger partial charge in [-0.15, -0.1) is 0 Å². The number of aromatic nitrogens is 1. The van der Waals surface area contributed by atoms with Crippen molar-refractivity contribution < 1.29 is 0 Å². The van der Waals surface area contributed by atoms with Gasteiger partial charge < -0.3 is 10.3 Å². The van der Waals surface area contributed by atoms with Gasteiger partial charge >= 0.3 is 0 Å². The van der Waals surface area contributed by atoms with E-state index >= 15 is 0 Å². The standard InChI is InChI=1S/C10H16N2O/c1-4-11-6-9-7(2)5-8(3)12-10(9)13/h5,11H,4,6H2,1-3H3,(H,12,13). The van der Waals surface area contributed by atoms with Gasteiger partial charge in [-0.1, -0.05) is 6.92 Å². The van der Waals surface area contributed by atoms with E-state index in [2.05, 4.69) is 10.3 Å². The largest absolute Gasteiger partial charge is 0.326 e. The highest BCUT2D eigenvalue weighted by molar-refractivity contribution is 5.24. The van der Waals surface area contributed by atoms with E-state index in [0.717, 1.165) is 23.4 Å². The fourth-order valence-electron chi connectivity index (χ4n) is 1.35. The summed E-state index contributed by atoms with van der Waals surface area (Å²) < 4.78 is 0. The summed E-state index contributed by atoms with van der Waals surface area (Å²) in [5.74, 6) is 0. The molecule has 1 rings (SSSR count). The molecule has 1 heterocycles. The molecule has 0 unspecified atom stereocenters. The van der Waals surface area contributed by atoms with Crippen LogP contribution in [0.1, 0.15) is 23.7 Å². The van der Waals surface area contributed by atoms with Crippen molar-refractivity contribution in [1.29, 1.82) is 0 Å². The van der Waals surface area contributed by atoms with Crippen LogP contribution in [0.2, 0.25) is 0 Å². The molecule has 0 fully saturated rings. The third kappa shape index (κ3) is 2.42. The monoisotopic (exact) mass is 180 g/mol. The van der Waals surface area contributed by atoms with Crippen LogP contribution >= 0.6 is 0 Å². The van der Waals surface area contributed by atoms with Crippen molar-refractivity contribution in [3.63, 3.8) is 0 Å². The number of H-pyrrole nitrogens is 1. The molecule has 1 aromatic heterocycles. The minimum Gasteiger partial charge on any atom is -0.326 e. The van der Waals surface area contributed by atoms with Crippen molar-refractivity contribution in [2.24, 2.45) is 0 Å². The first kappa shape index (κ1) is 9.99. The molecule has 0 aromatic carbocycles. The minimum atomic E-state index is 0.0263. The third-order valence-electron chi connectivity index (χ3n) is 2.05. The Morgan fingerprint density at radius 3 is 2.69 bits per heavy atom. The minimum absolute atomic E-state index is 0.0263. The molecule has 0 radical (unpaired) electrons. The van der Waals surface area contributed by atoms with Gasteiger partial charge in [-0.3, -0.25) is 4.79 Å². The zero-order valence-corrected chi connectivity index (χ0v) is 8.40. The van der Waals surface area contributed by atoms with Crippen molar-refractivity contribution in [2.75, 3.05) is 6.54 Å². The molecule has 0 saturated heterocycles. The van der Waals surface area contributed by atoms with Crippen LogP contribution in [0.3, 0.4) is 0 Å². The Bertz CT molecular complexity index is 341. The lowest BCUT2D eigenvalue weighted by atomic mass is 10.1. The van der Waals surface area contributed by atoms with Gasteiger partial charge in [-0.05, 0) is 32.0 Å². The predicted molar refractivity (Wildman–Crippen MR) is 53.9 cm³/mol. The van der Waals surface area contributed by atoms with Crippen molar-refractivity contribution >= 4 is 0 Å². The highest BCUT2D eigenvalue weighted by Crippen LogP contribution is 2.02. The Kier molecular flexibility index (Phi) is 3.25. The Balaban J connectivity index is 2.99. The highest BCUT2D eigenvalue weighted by Gasteiger charge is 2.03. The van der Waals surface area contributed by atoms with Gasteiger partial charge in [0.2, 0.25) is 0 Å². The second-order valence-electron chi connectivity index (χ2n) is 3.22. The maximum atomic E-state index is 11.5. The SMILES string of the molecule is CCNCc1c(C)cc(C)[nH]c1=O. The molecule has 0 saturated carbocycles. The Morgan fingerprint density at radius 2 is 2.15 bits per heavy atom. The van der Waals surface area contributed by atoms with Crippen LogP contribution in [0.25, 0.3) is 0 Å². The molecule has 0 atom stereocenters. The molecule has 3 nitrogen and oxygen atoms in total. The van der Waals surface area contributed by atoms with Crippen LogP contribution in [0.5, 0.6) is 0 Å². The Labute approximate surface area is 78.2 Å². The highest BCUT2D eigenvalue weighted by atomic mass is 16.1. The van der Waals surface area contributed by atoms with Gasteiger partial charge in [0.1, 0.15) is 0 Å². The van der Waals surface area contributed by atoms with E-state index < -0.39 is 0 Å². The van der Waals surface area contributed by atoms with Gasteiger partial charge in [0, 0.05) is 17.8 Å². The van der Waals surface area contributed by atoms with Gasteiger partial charge in [0.15, 0.2) is 0 Å². The topological polar surface area (TPSA) is 44.9 Å². The van der Waals surface area contributed by atoms with E-state index in [0.29, 0.717) is 6.54 Å². The second kappa shape index (κ2) is 4.23. The molecule has 2 N–H and O–H groups in total. The lowest BCUT2D eigenvalue weighted by molar-refractivity contribution is 0.715. The summed E-state index contributed by atoms with van der Waals surface area (Å²) in [6.45, 7) is 7.42. The summed E-state index contributed by atoms with van der Waals surface area (Å²) >= 11 is 0. The third-order valence-corrected chi connectivity index (χ3v) is 2.05. The number of nitrogens with one attached hydrogen (secondary N) is 2. The summed E-state index contributed by atoms with van der Waals surface area (Å²) in [6, 6.07) is 1.99. The summed E-state index contributed by atoms with van der Waals surface area (Å²) in [5, 5.41) is 3.15. The lowest BCUT2D eigenvalue weighted by Crippen LogP contribution is -2.22. The normalized spacial score (nSPS) is 10.4. The molecule has 72 valence electrons. The van der Waals surface area contributed by atoms with E-state index in [9.17, 15) is 4.79 Å². The van der Waals surface area contributed by atoms with E-state index in [1.54, 1.807) is 0 Å². The lowest BCUT2D eigenvalue weighted by Gasteiger charge is -2.05.